The SMILES string of the molecule is Cc1c(C(C)(C)C)cc(SC(C)(C)Sc2cc(C(C)(C)C)c(O)c(C(C)(C)C)c2)cc1C(C)(C)C. The molecule has 0 fully saturated rings. The van der Waals surface area contributed by atoms with Crippen LogP contribution < -0.4 is 0 Å². The van der Waals surface area contributed by atoms with Crippen molar-refractivity contribution in [1.82, 2.24) is 0 Å². The van der Waals surface area contributed by atoms with Crippen LogP contribution in [-0.4, -0.2) is 9.19 Å². The summed E-state index contributed by atoms with van der Waals surface area (Å²) in [7, 11) is 0. The van der Waals surface area contributed by atoms with Crippen molar-refractivity contribution in [3.63, 3.8) is 0 Å². The highest BCUT2D eigenvalue weighted by Gasteiger charge is 2.30. The third-order valence-corrected chi connectivity index (χ3v) is 8.85. The predicted molar refractivity (Wildman–Crippen MR) is 160 cm³/mol. The van der Waals surface area contributed by atoms with Crippen molar-refractivity contribution in [3.05, 3.63) is 52.1 Å². The number of hydrogen-bond donors (Lipinski definition) is 1. The molecule has 2 aromatic rings. The first-order valence-electron chi connectivity index (χ1n) is 12.8. The van der Waals surface area contributed by atoms with Gasteiger partial charge in [-0.2, -0.15) is 0 Å². The van der Waals surface area contributed by atoms with Gasteiger partial charge in [0.25, 0.3) is 0 Å². The molecule has 0 heterocycles. The Hall–Kier alpha value is -1.06. The van der Waals surface area contributed by atoms with E-state index in [2.05, 4.69) is 128 Å². The molecule has 2 rings (SSSR count). The lowest BCUT2D eigenvalue weighted by molar-refractivity contribution is 0.422. The summed E-state index contributed by atoms with van der Waals surface area (Å²) < 4.78 is -0.0825. The van der Waals surface area contributed by atoms with Gasteiger partial charge in [-0.25, -0.2) is 0 Å². The van der Waals surface area contributed by atoms with Gasteiger partial charge in [0.05, 0.1) is 4.08 Å². The number of phenolic OH excluding ortho intramolecular Hbond substituents is 1. The van der Waals surface area contributed by atoms with Crippen LogP contribution in [-0.2, 0) is 21.7 Å². The van der Waals surface area contributed by atoms with Gasteiger partial charge in [0.15, 0.2) is 0 Å². The fourth-order valence-corrected chi connectivity index (χ4v) is 7.29. The van der Waals surface area contributed by atoms with Crippen molar-refractivity contribution in [1.29, 1.82) is 0 Å². The first kappa shape index (κ1) is 30.2. The van der Waals surface area contributed by atoms with Gasteiger partial charge in [-0.05, 0) is 83.4 Å². The molecule has 0 amide bonds. The van der Waals surface area contributed by atoms with E-state index in [4.69, 9.17) is 0 Å². The van der Waals surface area contributed by atoms with Gasteiger partial charge in [-0.15, -0.1) is 23.5 Å². The quantitative estimate of drug-likeness (QED) is 0.323. The Balaban J connectivity index is 2.57. The standard InChI is InChI=1S/C32H50OS2/c1-20-23(28(2,3)4)16-21(17-24(20)29(5,6)7)34-32(14,15)35-22-18-25(30(8,9)10)27(33)26(19-22)31(11,12)13/h16-19,33H,1-15H3. The highest BCUT2D eigenvalue weighted by molar-refractivity contribution is 8.18. The molecule has 1 N–H and O–H groups in total. The predicted octanol–water partition coefficient (Wildman–Crippen LogP) is 10.5. The number of aromatic hydroxyl groups is 1. The van der Waals surface area contributed by atoms with E-state index in [0.29, 0.717) is 5.75 Å². The van der Waals surface area contributed by atoms with E-state index in [-0.39, 0.29) is 25.7 Å². The van der Waals surface area contributed by atoms with Crippen molar-refractivity contribution in [2.75, 3.05) is 0 Å². The molecular weight excluding hydrogens is 464 g/mol. The Morgan fingerprint density at radius 2 is 0.743 bits per heavy atom. The van der Waals surface area contributed by atoms with Crippen LogP contribution in [0.25, 0.3) is 0 Å². The zero-order valence-corrected chi connectivity index (χ0v) is 26.7. The molecule has 196 valence electrons. The number of hydrogen-bond acceptors (Lipinski definition) is 3. The minimum absolute atomic E-state index is 0.0825. The molecule has 3 heteroatoms. The molecule has 0 aliphatic heterocycles. The maximum Gasteiger partial charge on any atom is 0.123 e. The van der Waals surface area contributed by atoms with E-state index in [1.54, 1.807) is 0 Å². The number of rotatable bonds is 4. The molecule has 0 radical (unpaired) electrons. The van der Waals surface area contributed by atoms with Crippen LogP contribution in [0.5, 0.6) is 5.75 Å². The molecule has 2 aromatic carbocycles. The molecule has 0 atom stereocenters. The van der Waals surface area contributed by atoms with Gasteiger partial charge in [0, 0.05) is 20.9 Å². The molecule has 0 aromatic heterocycles. The van der Waals surface area contributed by atoms with Crippen LogP contribution in [0.2, 0.25) is 0 Å². The van der Waals surface area contributed by atoms with E-state index >= 15 is 0 Å². The topological polar surface area (TPSA) is 20.2 Å². The van der Waals surface area contributed by atoms with Crippen LogP contribution in [0, 0.1) is 6.92 Å². The molecular formula is C32H50OS2. The fraction of sp³-hybridized carbons (Fsp3) is 0.625. The van der Waals surface area contributed by atoms with Gasteiger partial charge in [0.2, 0.25) is 0 Å². The lowest BCUT2D eigenvalue weighted by atomic mass is 9.77. The molecule has 0 bridgehead atoms. The summed E-state index contributed by atoms with van der Waals surface area (Å²) >= 11 is 3.83. The lowest BCUT2D eigenvalue weighted by Gasteiger charge is -2.32. The van der Waals surface area contributed by atoms with E-state index in [0.717, 1.165) is 11.1 Å². The van der Waals surface area contributed by atoms with Crippen molar-refractivity contribution < 1.29 is 5.11 Å². The van der Waals surface area contributed by atoms with Gasteiger partial charge in [-0.3, -0.25) is 0 Å². The van der Waals surface area contributed by atoms with Crippen LogP contribution in [0.4, 0.5) is 0 Å². The zero-order chi connectivity index (χ0) is 27.4. The monoisotopic (exact) mass is 514 g/mol. The van der Waals surface area contributed by atoms with Crippen LogP contribution in [0.1, 0.15) is 125 Å². The number of phenols is 1. The molecule has 0 aliphatic carbocycles. The third-order valence-electron chi connectivity index (χ3n) is 6.42. The Morgan fingerprint density at radius 3 is 1.00 bits per heavy atom. The van der Waals surface area contributed by atoms with Crippen molar-refractivity contribution >= 4 is 23.5 Å². The second-order valence-electron chi connectivity index (χ2n) is 14.6. The van der Waals surface area contributed by atoms with Crippen molar-refractivity contribution in [3.8, 4) is 5.75 Å². The summed E-state index contributed by atoms with van der Waals surface area (Å²) in [4.78, 5) is 2.54. The summed E-state index contributed by atoms with van der Waals surface area (Å²) in [5, 5.41) is 11.1. The van der Waals surface area contributed by atoms with Gasteiger partial charge >= 0.3 is 0 Å². The average molecular weight is 515 g/mol. The highest BCUT2D eigenvalue weighted by Crippen LogP contribution is 2.50. The van der Waals surface area contributed by atoms with Crippen molar-refractivity contribution in [2.45, 2.75) is 139 Å². The van der Waals surface area contributed by atoms with Crippen molar-refractivity contribution in [2.24, 2.45) is 0 Å². The highest BCUT2D eigenvalue weighted by atomic mass is 32.2. The first-order valence-corrected chi connectivity index (χ1v) is 14.5. The summed E-state index contributed by atoms with van der Waals surface area (Å²) in [6.45, 7) is 33.9. The third kappa shape index (κ3) is 7.48. The molecule has 0 saturated carbocycles. The Bertz CT molecular complexity index is 909. The minimum atomic E-state index is -0.127. The van der Waals surface area contributed by atoms with Crippen LogP contribution in [0.15, 0.2) is 34.1 Å². The Kier molecular flexibility index (Phi) is 8.34. The molecule has 0 spiro atoms. The van der Waals surface area contributed by atoms with E-state index in [9.17, 15) is 5.11 Å². The summed E-state index contributed by atoms with van der Waals surface area (Å²) in [6, 6.07) is 9.23. The Morgan fingerprint density at radius 1 is 0.486 bits per heavy atom. The summed E-state index contributed by atoms with van der Waals surface area (Å²) in [5.74, 6) is 0.447. The van der Waals surface area contributed by atoms with E-state index < -0.39 is 0 Å². The fourth-order valence-electron chi connectivity index (χ4n) is 4.70. The van der Waals surface area contributed by atoms with Gasteiger partial charge in [0.1, 0.15) is 5.75 Å². The zero-order valence-electron chi connectivity index (χ0n) is 25.1. The van der Waals surface area contributed by atoms with Gasteiger partial charge < -0.3 is 5.11 Å². The molecule has 35 heavy (non-hydrogen) atoms. The second kappa shape index (κ2) is 9.67. The van der Waals surface area contributed by atoms with E-state index in [1.807, 2.05) is 23.5 Å². The van der Waals surface area contributed by atoms with E-state index in [1.165, 1.54) is 26.5 Å². The normalized spacial score (nSPS) is 13.9. The summed E-state index contributed by atoms with van der Waals surface area (Å²) in [5.41, 5.74) is 6.27. The molecule has 1 nitrogen and oxygen atoms in total. The maximum absolute atomic E-state index is 11.1. The molecule has 0 saturated heterocycles. The second-order valence-corrected chi connectivity index (χ2v) is 18.3. The average Bonchev–Trinajstić information content (AvgIpc) is 2.60. The number of benzene rings is 2. The van der Waals surface area contributed by atoms with Crippen LogP contribution >= 0.6 is 23.5 Å². The molecule has 0 unspecified atom stereocenters. The maximum atomic E-state index is 11.1. The number of thioether (sulfide) groups is 2. The van der Waals surface area contributed by atoms with Crippen LogP contribution in [0.3, 0.4) is 0 Å². The Labute approximate surface area is 225 Å². The lowest BCUT2D eigenvalue weighted by Crippen LogP contribution is -2.20. The summed E-state index contributed by atoms with van der Waals surface area (Å²) in [6.07, 6.45) is 0. The minimum Gasteiger partial charge on any atom is -0.507 e. The van der Waals surface area contributed by atoms with Gasteiger partial charge in [-0.1, -0.05) is 83.1 Å². The smallest absolute Gasteiger partial charge is 0.123 e. The molecule has 0 aliphatic rings. The first-order chi connectivity index (χ1) is 15.4. The largest absolute Gasteiger partial charge is 0.507 e.